The Balaban J connectivity index is 3.12. The third-order valence-corrected chi connectivity index (χ3v) is 1.60. The zero-order valence-corrected chi connectivity index (χ0v) is 7.06. The minimum Gasteiger partial charge on any atom is -0.476 e. The van der Waals surface area contributed by atoms with Gasteiger partial charge in [0.2, 0.25) is 0 Å². The smallest absolute Gasteiger partial charge is 0.358 e. The third-order valence-electron chi connectivity index (χ3n) is 1.60. The van der Waals surface area contributed by atoms with Crippen molar-refractivity contribution < 1.29 is 9.90 Å². The van der Waals surface area contributed by atoms with Gasteiger partial charge in [-0.2, -0.15) is 5.26 Å². The van der Waals surface area contributed by atoms with E-state index in [0.717, 1.165) is 0 Å². The summed E-state index contributed by atoms with van der Waals surface area (Å²) < 4.78 is 1.30. The maximum Gasteiger partial charge on any atom is 0.358 e. The molecule has 1 rings (SSSR count). The molecular formula is C7H8N4O2. The van der Waals surface area contributed by atoms with E-state index < -0.39 is 5.97 Å². The van der Waals surface area contributed by atoms with Crippen LogP contribution in [0.2, 0.25) is 0 Å². The molecule has 0 saturated carbocycles. The van der Waals surface area contributed by atoms with Crippen molar-refractivity contribution in [1.82, 2.24) is 15.0 Å². The number of nitrogens with zero attached hydrogens (tertiary/aromatic N) is 4. The van der Waals surface area contributed by atoms with Crippen molar-refractivity contribution >= 4 is 5.97 Å². The van der Waals surface area contributed by atoms with Gasteiger partial charge in [-0.25, -0.2) is 9.48 Å². The third kappa shape index (κ3) is 1.64. The number of carboxylic acids is 1. The number of hydrogen-bond donors (Lipinski definition) is 1. The molecule has 0 atom stereocenters. The average Bonchev–Trinajstić information content (AvgIpc) is 2.48. The highest BCUT2D eigenvalue weighted by atomic mass is 16.4. The van der Waals surface area contributed by atoms with Gasteiger partial charge in [0.05, 0.1) is 11.8 Å². The van der Waals surface area contributed by atoms with Gasteiger partial charge in [-0.05, 0) is 6.42 Å². The number of carbonyl (C=O) groups is 1. The minimum atomic E-state index is -1.11. The maximum absolute atomic E-state index is 10.6. The number of aromatic carboxylic acids is 1. The molecule has 1 heterocycles. The topological polar surface area (TPSA) is 91.8 Å². The largest absolute Gasteiger partial charge is 0.476 e. The van der Waals surface area contributed by atoms with Gasteiger partial charge in [-0.1, -0.05) is 12.1 Å². The summed E-state index contributed by atoms with van der Waals surface area (Å²) in [6.45, 7) is 1.82. The van der Waals surface area contributed by atoms with Crippen LogP contribution in [0.1, 0.15) is 23.1 Å². The summed E-state index contributed by atoms with van der Waals surface area (Å²) in [7, 11) is 0. The van der Waals surface area contributed by atoms with Gasteiger partial charge in [0.25, 0.3) is 0 Å². The number of carboxylic acid groups (broad SMARTS) is 1. The van der Waals surface area contributed by atoms with Crippen LogP contribution in [0.4, 0.5) is 0 Å². The normalized spacial score (nSPS) is 9.54. The second kappa shape index (κ2) is 3.67. The molecule has 0 bridgehead atoms. The van der Waals surface area contributed by atoms with E-state index >= 15 is 0 Å². The molecule has 13 heavy (non-hydrogen) atoms. The predicted molar refractivity (Wildman–Crippen MR) is 42.0 cm³/mol. The molecule has 0 aliphatic carbocycles. The first kappa shape index (κ1) is 9.19. The van der Waals surface area contributed by atoms with E-state index in [1.165, 1.54) is 4.68 Å². The Hall–Kier alpha value is -1.90. The lowest BCUT2D eigenvalue weighted by molar-refractivity contribution is 0.0689. The lowest BCUT2D eigenvalue weighted by Gasteiger charge is -1.97. The molecule has 6 nitrogen and oxygen atoms in total. The molecule has 0 aromatic carbocycles. The number of rotatable bonds is 3. The standard InChI is InChI=1S/C7H8N4O2/c1-2-5-6(7(12)13)9-10-11(5)4-3-8/h2,4H2,1H3,(H,12,13). The van der Waals surface area contributed by atoms with Crippen LogP contribution in [0.25, 0.3) is 0 Å². The molecular weight excluding hydrogens is 172 g/mol. The molecule has 0 radical (unpaired) electrons. The van der Waals surface area contributed by atoms with E-state index in [-0.39, 0.29) is 12.2 Å². The van der Waals surface area contributed by atoms with E-state index in [1.807, 2.05) is 6.07 Å². The van der Waals surface area contributed by atoms with E-state index in [0.29, 0.717) is 12.1 Å². The van der Waals surface area contributed by atoms with Gasteiger partial charge in [0.1, 0.15) is 6.54 Å². The summed E-state index contributed by atoms with van der Waals surface area (Å²) >= 11 is 0. The highest BCUT2D eigenvalue weighted by molar-refractivity contribution is 5.86. The lowest BCUT2D eigenvalue weighted by atomic mass is 10.2. The number of aromatic nitrogens is 3. The van der Waals surface area contributed by atoms with E-state index in [9.17, 15) is 4.79 Å². The van der Waals surface area contributed by atoms with Gasteiger partial charge >= 0.3 is 5.97 Å². The Kier molecular flexibility index (Phi) is 2.59. The first-order chi connectivity index (χ1) is 6.20. The summed E-state index contributed by atoms with van der Waals surface area (Å²) in [5.74, 6) is -1.11. The van der Waals surface area contributed by atoms with Crippen molar-refractivity contribution in [3.63, 3.8) is 0 Å². The van der Waals surface area contributed by atoms with Crippen LogP contribution >= 0.6 is 0 Å². The zero-order chi connectivity index (χ0) is 9.84. The van der Waals surface area contributed by atoms with Crippen molar-refractivity contribution in [2.75, 3.05) is 0 Å². The van der Waals surface area contributed by atoms with Crippen LogP contribution in [0, 0.1) is 11.3 Å². The summed E-state index contributed by atoms with van der Waals surface area (Å²) in [6, 6.07) is 1.88. The van der Waals surface area contributed by atoms with Gasteiger partial charge in [0, 0.05) is 0 Å². The quantitative estimate of drug-likeness (QED) is 0.710. The molecule has 0 fully saturated rings. The predicted octanol–water partition coefficient (Wildman–Crippen LogP) is 0.0623. The first-order valence-electron chi connectivity index (χ1n) is 3.73. The summed E-state index contributed by atoms with van der Waals surface area (Å²) in [4.78, 5) is 10.6. The minimum absolute atomic E-state index is 0.0312. The van der Waals surface area contributed by atoms with Crippen molar-refractivity contribution in [3.05, 3.63) is 11.4 Å². The van der Waals surface area contributed by atoms with Crippen LogP contribution in [-0.2, 0) is 13.0 Å². The van der Waals surface area contributed by atoms with Crippen molar-refractivity contribution in [3.8, 4) is 6.07 Å². The van der Waals surface area contributed by atoms with Crippen molar-refractivity contribution in [1.29, 1.82) is 5.26 Å². The monoisotopic (exact) mass is 180 g/mol. The molecule has 0 unspecified atom stereocenters. The molecule has 1 aromatic rings. The molecule has 0 aliphatic rings. The summed E-state index contributed by atoms with van der Waals surface area (Å²) in [6.07, 6.45) is 0.496. The Labute approximate surface area is 74.4 Å². The molecule has 1 N–H and O–H groups in total. The fourth-order valence-electron chi connectivity index (χ4n) is 1.04. The molecule has 0 aliphatic heterocycles. The van der Waals surface area contributed by atoms with E-state index in [1.54, 1.807) is 6.92 Å². The van der Waals surface area contributed by atoms with Crippen LogP contribution < -0.4 is 0 Å². The average molecular weight is 180 g/mol. The summed E-state index contributed by atoms with van der Waals surface area (Å²) in [5, 5.41) is 24.1. The maximum atomic E-state index is 10.6. The molecule has 0 amide bonds. The zero-order valence-electron chi connectivity index (χ0n) is 7.06. The second-order valence-electron chi connectivity index (χ2n) is 2.36. The first-order valence-corrected chi connectivity index (χ1v) is 3.73. The van der Waals surface area contributed by atoms with Crippen LogP contribution in [0.15, 0.2) is 0 Å². The Morgan fingerprint density at radius 1 is 1.77 bits per heavy atom. The number of hydrogen-bond acceptors (Lipinski definition) is 4. The molecule has 0 saturated heterocycles. The SMILES string of the molecule is CCc1c(C(=O)O)nnn1CC#N. The molecule has 0 spiro atoms. The van der Waals surface area contributed by atoms with Crippen LogP contribution in [0.3, 0.4) is 0 Å². The molecule has 6 heteroatoms. The van der Waals surface area contributed by atoms with Gasteiger partial charge in [0.15, 0.2) is 5.69 Å². The highest BCUT2D eigenvalue weighted by Crippen LogP contribution is 2.05. The van der Waals surface area contributed by atoms with Gasteiger partial charge in [-0.3, -0.25) is 0 Å². The lowest BCUT2D eigenvalue weighted by Crippen LogP contribution is -2.06. The molecule has 68 valence electrons. The van der Waals surface area contributed by atoms with Crippen LogP contribution in [-0.4, -0.2) is 26.1 Å². The van der Waals surface area contributed by atoms with Crippen molar-refractivity contribution in [2.45, 2.75) is 19.9 Å². The van der Waals surface area contributed by atoms with Gasteiger partial charge < -0.3 is 5.11 Å². The van der Waals surface area contributed by atoms with Crippen LogP contribution in [0.5, 0.6) is 0 Å². The molecule has 1 aromatic heterocycles. The second-order valence-corrected chi connectivity index (χ2v) is 2.36. The fraction of sp³-hybridized carbons (Fsp3) is 0.429. The Morgan fingerprint density at radius 3 is 2.92 bits per heavy atom. The summed E-state index contributed by atoms with van der Waals surface area (Å²) in [5.41, 5.74) is 0.409. The number of nitriles is 1. The Morgan fingerprint density at radius 2 is 2.46 bits per heavy atom. The Bertz CT molecular complexity index is 363. The van der Waals surface area contributed by atoms with Gasteiger partial charge in [-0.15, -0.1) is 5.10 Å². The van der Waals surface area contributed by atoms with E-state index in [4.69, 9.17) is 10.4 Å². The van der Waals surface area contributed by atoms with Crippen molar-refractivity contribution in [2.24, 2.45) is 0 Å². The highest BCUT2D eigenvalue weighted by Gasteiger charge is 2.16. The van der Waals surface area contributed by atoms with E-state index in [2.05, 4.69) is 10.3 Å². The fourth-order valence-corrected chi connectivity index (χ4v) is 1.04.